The monoisotopic (exact) mass is 674 g/mol. The van der Waals surface area contributed by atoms with Crippen LogP contribution >= 0.6 is 0 Å². The minimum absolute atomic E-state index is 0.00126. The topological polar surface area (TPSA) is 141 Å². The van der Waals surface area contributed by atoms with Crippen molar-refractivity contribution in [3.8, 4) is 6.07 Å². The highest BCUT2D eigenvalue weighted by molar-refractivity contribution is 7.88. The zero-order chi connectivity index (χ0) is 34.5. The Morgan fingerprint density at radius 3 is 2.45 bits per heavy atom. The van der Waals surface area contributed by atoms with E-state index in [2.05, 4.69) is 16.3 Å². The molecule has 0 unspecified atom stereocenters. The summed E-state index contributed by atoms with van der Waals surface area (Å²) < 4.78 is 73.5. The number of esters is 1. The number of ether oxygens (including phenoxy) is 1. The molecule has 0 saturated carbocycles. The predicted octanol–water partition coefficient (Wildman–Crippen LogP) is 3.65. The van der Waals surface area contributed by atoms with Crippen molar-refractivity contribution < 1.29 is 35.6 Å². The van der Waals surface area contributed by atoms with Gasteiger partial charge in [0.05, 0.1) is 56.3 Å². The molecule has 0 amide bonds. The second-order valence-electron chi connectivity index (χ2n) is 12.3. The Balaban J connectivity index is 1.65. The number of carbonyl (C=O) groups excluding carboxylic acids is 1. The maximum Gasteiger partial charge on any atom is 0.416 e. The molecule has 16 heteroatoms. The van der Waals surface area contributed by atoms with Crippen molar-refractivity contribution in [1.29, 1.82) is 5.26 Å². The number of nitrogens with zero attached hydrogens (tertiary/aromatic N) is 6. The highest BCUT2D eigenvalue weighted by Gasteiger charge is 2.42. The van der Waals surface area contributed by atoms with Gasteiger partial charge in [-0.1, -0.05) is 12.1 Å². The number of quaternary nitrogens is 1. The number of allylic oxidation sites excluding steroid dienone is 1. The number of alkyl halides is 3. The number of halogens is 3. The van der Waals surface area contributed by atoms with E-state index in [1.54, 1.807) is 25.1 Å². The van der Waals surface area contributed by atoms with Gasteiger partial charge in [0.2, 0.25) is 16.0 Å². The van der Waals surface area contributed by atoms with Crippen LogP contribution in [-0.4, -0.2) is 84.5 Å². The fraction of sp³-hybridized carbons (Fsp3) is 0.419. The maximum atomic E-state index is 13.7. The molecule has 3 heterocycles. The summed E-state index contributed by atoms with van der Waals surface area (Å²) in [6.07, 6.45) is -2.26. The largest absolute Gasteiger partial charge is 0.466 e. The van der Waals surface area contributed by atoms with Crippen molar-refractivity contribution in [3.63, 3.8) is 0 Å². The van der Waals surface area contributed by atoms with Gasteiger partial charge in [-0.05, 0) is 42.8 Å². The Bertz CT molecular complexity index is 1950. The van der Waals surface area contributed by atoms with E-state index in [1.165, 1.54) is 39.3 Å². The zero-order valence-electron chi connectivity index (χ0n) is 26.5. The third-order valence-corrected chi connectivity index (χ3v) is 10.3. The molecule has 0 bridgehead atoms. The van der Waals surface area contributed by atoms with E-state index in [9.17, 15) is 36.4 Å². The highest BCUT2D eigenvalue weighted by Crippen LogP contribution is 2.44. The number of hydrogen-bond donors (Lipinski definition) is 1. The van der Waals surface area contributed by atoms with E-state index < -0.39 is 39.5 Å². The lowest BCUT2D eigenvalue weighted by molar-refractivity contribution is -0.929. The summed E-state index contributed by atoms with van der Waals surface area (Å²) in [5.41, 5.74) is 0.0671. The second kappa shape index (κ2) is 12.3. The van der Waals surface area contributed by atoms with Crippen LogP contribution < -0.4 is 10.6 Å². The maximum absolute atomic E-state index is 13.7. The van der Waals surface area contributed by atoms with Gasteiger partial charge < -0.3 is 9.22 Å². The standard InChI is InChI=1S/C31H34F3N7O5S/c1-19-26(28(42)46-4)27(40-29(36-37-30(40)43)39(19)23-8-6-7-22(16-23)31(32,33)34)25-10-9-20(17-35)15-21(25)18-41(2,3)24-11-13-38(14-12-24)47(5,44)45/h6-10,15-16,24,27H,11-14,18H2,1-5H3/p+1/t27-/m1/s1. The van der Waals surface area contributed by atoms with Gasteiger partial charge >= 0.3 is 17.8 Å². The first-order valence-electron chi connectivity index (χ1n) is 14.7. The zero-order valence-corrected chi connectivity index (χ0v) is 27.3. The van der Waals surface area contributed by atoms with Crippen LogP contribution in [0.2, 0.25) is 0 Å². The molecule has 2 aromatic carbocycles. The minimum Gasteiger partial charge on any atom is -0.466 e. The van der Waals surface area contributed by atoms with Gasteiger partial charge in [-0.15, -0.1) is 5.10 Å². The number of nitrogens with one attached hydrogen (secondary N) is 1. The molecule has 1 aromatic heterocycles. The molecule has 0 radical (unpaired) electrons. The number of fused-ring (bicyclic) bond motifs is 1. The normalized spacial score (nSPS) is 18.2. The number of hydrogen-bond acceptors (Lipinski definition) is 8. The molecule has 1 saturated heterocycles. The van der Waals surface area contributed by atoms with E-state index in [-0.39, 0.29) is 28.9 Å². The molecule has 0 spiro atoms. The lowest BCUT2D eigenvalue weighted by atomic mass is 9.89. The molecule has 2 aliphatic heterocycles. The Morgan fingerprint density at radius 1 is 1.17 bits per heavy atom. The summed E-state index contributed by atoms with van der Waals surface area (Å²) in [7, 11) is 1.84. The molecule has 12 nitrogen and oxygen atoms in total. The molecule has 1 N–H and O–H groups in total. The fourth-order valence-corrected chi connectivity index (χ4v) is 7.47. The number of methoxy groups -OCH3 is 1. The third-order valence-electron chi connectivity index (χ3n) is 9.01. The third kappa shape index (κ3) is 6.42. The van der Waals surface area contributed by atoms with Crippen LogP contribution in [0.5, 0.6) is 0 Å². The van der Waals surface area contributed by atoms with Crippen LogP contribution in [0.1, 0.15) is 48.1 Å². The van der Waals surface area contributed by atoms with Crippen LogP contribution in [-0.2, 0) is 32.3 Å². The van der Waals surface area contributed by atoms with E-state index >= 15 is 0 Å². The van der Waals surface area contributed by atoms with Crippen molar-refractivity contribution in [3.05, 3.63) is 86.5 Å². The second-order valence-corrected chi connectivity index (χ2v) is 14.3. The van der Waals surface area contributed by atoms with Crippen LogP contribution in [0.3, 0.4) is 0 Å². The summed E-state index contributed by atoms with van der Waals surface area (Å²) in [4.78, 5) is 28.3. The number of rotatable bonds is 7. The Hall–Kier alpha value is -4.46. The van der Waals surface area contributed by atoms with E-state index in [1.807, 2.05) is 14.1 Å². The summed E-state index contributed by atoms with van der Waals surface area (Å²) in [5.74, 6) is -0.845. The average molecular weight is 675 g/mol. The van der Waals surface area contributed by atoms with Crippen LogP contribution in [0.15, 0.2) is 58.5 Å². The number of H-pyrrole nitrogens is 1. The van der Waals surface area contributed by atoms with Gasteiger partial charge in [0.15, 0.2) is 0 Å². The number of anilines is 2. The van der Waals surface area contributed by atoms with E-state index in [0.29, 0.717) is 53.6 Å². The molecule has 47 heavy (non-hydrogen) atoms. The number of carbonyl (C=O) groups is 1. The van der Waals surface area contributed by atoms with Crippen LogP contribution in [0.25, 0.3) is 0 Å². The van der Waals surface area contributed by atoms with Crippen molar-refractivity contribution in [2.45, 2.75) is 44.6 Å². The van der Waals surface area contributed by atoms with Crippen molar-refractivity contribution >= 4 is 27.6 Å². The number of piperidine rings is 1. The number of sulfonamides is 1. The van der Waals surface area contributed by atoms with Gasteiger partial charge in [-0.25, -0.2) is 32.0 Å². The van der Waals surface area contributed by atoms with Crippen molar-refractivity contribution in [2.75, 3.05) is 45.5 Å². The molecule has 3 aromatic rings. The van der Waals surface area contributed by atoms with Crippen LogP contribution in [0.4, 0.5) is 24.8 Å². The van der Waals surface area contributed by atoms with Gasteiger partial charge in [0, 0.05) is 42.9 Å². The summed E-state index contributed by atoms with van der Waals surface area (Å²) >= 11 is 0. The molecule has 250 valence electrons. The van der Waals surface area contributed by atoms with E-state index in [0.717, 1.165) is 12.1 Å². The first-order valence-corrected chi connectivity index (χ1v) is 16.6. The van der Waals surface area contributed by atoms with Crippen molar-refractivity contribution in [2.24, 2.45) is 0 Å². The molecule has 1 atom stereocenters. The summed E-state index contributed by atoms with van der Waals surface area (Å²) in [6.45, 7) is 2.62. The molecule has 1 fully saturated rings. The molecular weight excluding hydrogens is 639 g/mol. The number of aromatic amines is 1. The Morgan fingerprint density at radius 2 is 1.85 bits per heavy atom. The summed E-state index contributed by atoms with van der Waals surface area (Å²) in [5, 5.41) is 16.3. The van der Waals surface area contributed by atoms with Gasteiger partial charge in [-0.3, -0.25) is 4.90 Å². The first kappa shape index (κ1) is 33.9. The Labute approximate surface area is 269 Å². The highest BCUT2D eigenvalue weighted by atomic mass is 32.2. The van der Waals surface area contributed by atoms with Gasteiger partial charge in [0.25, 0.3) is 0 Å². The number of benzene rings is 2. The quantitative estimate of drug-likeness (QED) is 0.296. The minimum atomic E-state index is -4.65. The first-order chi connectivity index (χ1) is 22.0. The molecular formula is C31H35F3N7O5S+. The SMILES string of the molecule is COC(=O)C1=C(C)N(c2cccc(C(F)(F)F)c2)c2n[nH]c(=O)n2[C@@H]1c1ccc(C#N)cc1C[N+](C)(C)C1CCN(S(C)(=O)=O)CC1. The predicted molar refractivity (Wildman–Crippen MR) is 166 cm³/mol. The Kier molecular flexibility index (Phi) is 8.86. The van der Waals surface area contributed by atoms with E-state index in [4.69, 9.17) is 4.74 Å². The average Bonchev–Trinajstić information content (AvgIpc) is 3.39. The van der Waals surface area contributed by atoms with Gasteiger partial charge in [0.1, 0.15) is 12.6 Å². The lowest BCUT2D eigenvalue weighted by Crippen LogP contribution is -2.54. The van der Waals surface area contributed by atoms with Crippen LogP contribution in [0, 0.1) is 11.3 Å². The van der Waals surface area contributed by atoms with Gasteiger partial charge in [-0.2, -0.15) is 18.4 Å². The number of aromatic nitrogens is 3. The van der Waals surface area contributed by atoms with Crippen molar-refractivity contribution in [1.82, 2.24) is 19.1 Å². The smallest absolute Gasteiger partial charge is 0.416 e. The molecule has 0 aliphatic carbocycles. The lowest BCUT2D eigenvalue weighted by Gasteiger charge is -2.43. The fourth-order valence-electron chi connectivity index (χ4n) is 6.60. The molecule has 5 rings (SSSR count). The number of nitriles is 1. The summed E-state index contributed by atoms with van der Waals surface area (Å²) in [6, 6.07) is 10.5. The molecule has 2 aliphatic rings.